The summed E-state index contributed by atoms with van der Waals surface area (Å²) in [4.78, 5) is 12.0. The van der Waals surface area contributed by atoms with E-state index in [0.29, 0.717) is 6.04 Å². The Hall–Kier alpha value is -1.35. The summed E-state index contributed by atoms with van der Waals surface area (Å²) in [6.07, 6.45) is 3.45. The highest BCUT2D eigenvalue weighted by molar-refractivity contribution is 5.81. The van der Waals surface area contributed by atoms with Gasteiger partial charge in [-0.3, -0.25) is 10.1 Å². The Bertz CT molecular complexity index is 442. The maximum Gasteiger partial charge on any atom is 0.237 e. The molecule has 3 nitrogen and oxygen atoms in total. The van der Waals surface area contributed by atoms with Gasteiger partial charge in [0.2, 0.25) is 5.91 Å². The van der Waals surface area contributed by atoms with Gasteiger partial charge in [0.05, 0.1) is 6.04 Å². The predicted molar refractivity (Wildman–Crippen MR) is 78.0 cm³/mol. The van der Waals surface area contributed by atoms with Gasteiger partial charge in [-0.05, 0) is 51.2 Å². The van der Waals surface area contributed by atoms with Crippen molar-refractivity contribution in [2.75, 3.05) is 0 Å². The van der Waals surface area contributed by atoms with Gasteiger partial charge >= 0.3 is 0 Å². The van der Waals surface area contributed by atoms with Gasteiger partial charge in [0.25, 0.3) is 0 Å². The third kappa shape index (κ3) is 3.57. The van der Waals surface area contributed by atoms with Crippen LogP contribution in [0.15, 0.2) is 24.3 Å². The van der Waals surface area contributed by atoms with E-state index in [1.807, 2.05) is 20.8 Å². The summed E-state index contributed by atoms with van der Waals surface area (Å²) in [5.74, 6) is 0.0815. The average Bonchev–Trinajstić information content (AvgIpc) is 2.38. The molecule has 0 saturated carbocycles. The van der Waals surface area contributed by atoms with Gasteiger partial charge in [-0.1, -0.05) is 24.3 Å². The zero-order chi connectivity index (χ0) is 13.8. The number of fused-ring (bicyclic) bond motifs is 1. The third-order valence-electron chi connectivity index (χ3n) is 3.64. The molecule has 0 aromatic heterocycles. The number of amides is 1. The largest absolute Gasteiger partial charge is 0.353 e. The molecule has 0 bridgehead atoms. The molecule has 0 heterocycles. The Morgan fingerprint density at radius 2 is 2.00 bits per heavy atom. The highest BCUT2D eigenvalue weighted by Crippen LogP contribution is 2.29. The molecule has 0 saturated heterocycles. The van der Waals surface area contributed by atoms with Gasteiger partial charge in [-0.2, -0.15) is 0 Å². The van der Waals surface area contributed by atoms with Crippen molar-refractivity contribution in [2.24, 2.45) is 0 Å². The number of benzene rings is 1. The molecule has 2 atom stereocenters. The molecule has 0 spiro atoms. The van der Waals surface area contributed by atoms with Crippen LogP contribution in [0.25, 0.3) is 0 Å². The second kappa shape index (κ2) is 6.20. The van der Waals surface area contributed by atoms with Gasteiger partial charge in [0, 0.05) is 12.1 Å². The molecular formula is C16H24N2O. The van der Waals surface area contributed by atoms with Crippen molar-refractivity contribution in [1.82, 2.24) is 10.6 Å². The van der Waals surface area contributed by atoms with Gasteiger partial charge in [-0.15, -0.1) is 0 Å². The minimum atomic E-state index is -0.154. The van der Waals surface area contributed by atoms with Crippen LogP contribution < -0.4 is 10.6 Å². The van der Waals surface area contributed by atoms with Crippen molar-refractivity contribution in [3.63, 3.8) is 0 Å². The van der Waals surface area contributed by atoms with E-state index in [-0.39, 0.29) is 18.0 Å². The van der Waals surface area contributed by atoms with Crippen LogP contribution in [0.4, 0.5) is 0 Å². The van der Waals surface area contributed by atoms with Crippen molar-refractivity contribution in [3.05, 3.63) is 35.4 Å². The monoisotopic (exact) mass is 260 g/mol. The zero-order valence-corrected chi connectivity index (χ0v) is 12.1. The average molecular weight is 260 g/mol. The summed E-state index contributed by atoms with van der Waals surface area (Å²) >= 11 is 0. The second-order valence-electron chi connectivity index (χ2n) is 5.70. The van der Waals surface area contributed by atoms with Crippen molar-refractivity contribution < 1.29 is 4.79 Å². The maximum absolute atomic E-state index is 12.0. The van der Waals surface area contributed by atoms with Crippen LogP contribution in [0.2, 0.25) is 0 Å². The van der Waals surface area contributed by atoms with Crippen LogP contribution in [0.3, 0.4) is 0 Å². The smallest absolute Gasteiger partial charge is 0.237 e. The molecule has 1 aromatic carbocycles. The second-order valence-corrected chi connectivity index (χ2v) is 5.70. The number of rotatable bonds is 4. The lowest BCUT2D eigenvalue weighted by Crippen LogP contribution is -2.46. The SMILES string of the molecule is CC(C)NC(=O)[C@H](C)N[C@H]1CCCc2ccccc21. The highest BCUT2D eigenvalue weighted by Gasteiger charge is 2.23. The first kappa shape index (κ1) is 14.1. The summed E-state index contributed by atoms with van der Waals surface area (Å²) in [5, 5.41) is 6.42. The summed E-state index contributed by atoms with van der Waals surface area (Å²) in [6.45, 7) is 5.91. The molecule has 1 aliphatic rings. The lowest BCUT2D eigenvalue weighted by Gasteiger charge is -2.29. The number of carbonyl (C=O) groups is 1. The number of hydrogen-bond donors (Lipinski definition) is 2. The fourth-order valence-corrected chi connectivity index (χ4v) is 2.71. The molecule has 3 heteroatoms. The molecule has 1 aliphatic carbocycles. The zero-order valence-electron chi connectivity index (χ0n) is 12.1. The van der Waals surface area contributed by atoms with Crippen molar-refractivity contribution in [3.8, 4) is 0 Å². The molecule has 0 radical (unpaired) electrons. The minimum Gasteiger partial charge on any atom is -0.353 e. The first-order valence-electron chi connectivity index (χ1n) is 7.22. The fourth-order valence-electron chi connectivity index (χ4n) is 2.71. The van der Waals surface area contributed by atoms with Gasteiger partial charge in [0.15, 0.2) is 0 Å². The van der Waals surface area contributed by atoms with E-state index in [4.69, 9.17) is 0 Å². The van der Waals surface area contributed by atoms with E-state index in [2.05, 4.69) is 34.9 Å². The van der Waals surface area contributed by atoms with E-state index in [1.165, 1.54) is 17.5 Å². The molecule has 1 amide bonds. The molecular weight excluding hydrogens is 236 g/mol. The normalized spacial score (nSPS) is 19.9. The molecule has 1 aromatic rings. The summed E-state index contributed by atoms with van der Waals surface area (Å²) in [6, 6.07) is 8.89. The van der Waals surface area contributed by atoms with Crippen LogP contribution in [0.5, 0.6) is 0 Å². The third-order valence-corrected chi connectivity index (χ3v) is 3.64. The van der Waals surface area contributed by atoms with E-state index in [9.17, 15) is 4.79 Å². The number of aryl methyl sites for hydroxylation is 1. The van der Waals surface area contributed by atoms with Crippen molar-refractivity contribution in [1.29, 1.82) is 0 Å². The van der Waals surface area contributed by atoms with Crippen LogP contribution in [0.1, 0.15) is 50.8 Å². The Labute approximate surface area is 115 Å². The lowest BCUT2D eigenvalue weighted by atomic mass is 9.87. The Morgan fingerprint density at radius 3 is 2.74 bits per heavy atom. The standard InChI is InChI=1S/C16H24N2O/c1-11(2)17-16(19)12(3)18-15-10-6-8-13-7-4-5-9-14(13)15/h4-5,7,9,11-12,15,18H,6,8,10H2,1-3H3,(H,17,19)/t12-,15-/m0/s1. The summed E-state index contributed by atoms with van der Waals surface area (Å²) in [5.41, 5.74) is 2.78. The minimum absolute atomic E-state index is 0.0815. The highest BCUT2D eigenvalue weighted by atomic mass is 16.2. The van der Waals surface area contributed by atoms with E-state index in [1.54, 1.807) is 0 Å². The molecule has 0 aliphatic heterocycles. The van der Waals surface area contributed by atoms with Crippen molar-refractivity contribution in [2.45, 2.75) is 58.2 Å². The Balaban J connectivity index is 2.02. The van der Waals surface area contributed by atoms with Crippen LogP contribution in [-0.4, -0.2) is 18.0 Å². The quantitative estimate of drug-likeness (QED) is 0.873. The molecule has 104 valence electrons. The molecule has 2 rings (SSSR count). The number of hydrogen-bond acceptors (Lipinski definition) is 2. The summed E-state index contributed by atoms with van der Waals surface area (Å²) < 4.78 is 0. The van der Waals surface area contributed by atoms with Gasteiger partial charge < -0.3 is 5.32 Å². The van der Waals surface area contributed by atoms with Crippen LogP contribution in [0, 0.1) is 0 Å². The van der Waals surface area contributed by atoms with Crippen molar-refractivity contribution >= 4 is 5.91 Å². The van der Waals surface area contributed by atoms with E-state index in [0.717, 1.165) is 12.8 Å². The number of carbonyl (C=O) groups excluding carboxylic acids is 1. The lowest BCUT2D eigenvalue weighted by molar-refractivity contribution is -0.123. The van der Waals surface area contributed by atoms with E-state index < -0.39 is 0 Å². The molecule has 2 N–H and O–H groups in total. The number of nitrogens with one attached hydrogen (secondary N) is 2. The Kier molecular flexibility index (Phi) is 4.59. The van der Waals surface area contributed by atoms with Gasteiger partial charge in [0.1, 0.15) is 0 Å². The Morgan fingerprint density at radius 1 is 1.26 bits per heavy atom. The predicted octanol–water partition coefficient (Wildman–Crippen LogP) is 2.57. The fraction of sp³-hybridized carbons (Fsp3) is 0.562. The summed E-state index contributed by atoms with van der Waals surface area (Å²) in [7, 11) is 0. The van der Waals surface area contributed by atoms with Crippen LogP contribution in [-0.2, 0) is 11.2 Å². The first-order valence-corrected chi connectivity index (χ1v) is 7.22. The van der Waals surface area contributed by atoms with Gasteiger partial charge in [-0.25, -0.2) is 0 Å². The maximum atomic E-state index is 12.0. The topological polar surface area (TPSA) is 41.1 Å². The first-order chi connectivity index (χ1) is 9.08. The van der Waals surface area contributed by atoms with Crippen LogP contribution >= 0.6 is 0 Å². The molecule has 0 fully saturated rings. The van der Waals surface area contributed by atoms with E-state index >= 15 is 0 Å². The molecule has 19 heavy (non-hydrogen) atoms. The molecule has 0 unspecified atom stereocenters.